The Labute approximate surface area is 127 Å². The molecule has 5 heteroatoms. The first-order valence-corrected chi connectivity index (χ1v) is 7.63. The number of hydrogen-bond acceptors (Lipinski definition) is 3. The Hall–Kier alpha value is -0.520. The lowest BCUT2D eigenvalue weighted by atomic mass is 10.0. The molecule has 1 amide bonds. The van der Waals surface area contributed by atoms with Crippen LogP contribution in [0.1, 0.15) is 23.2 Å². The van der Waals surface area contributed by atoms with Crippen LogP contribution in [0.2, 0.25) is 0 Å². The highest BCUT2D eigenvalue weighted by Gasteiger charge is 2.20. The third-order valence-electron chi connectivity index (χ3n) is 3.32. The number of rotatable bonds is 3. The molecule has 1 aliphatic rings. The monoisotopic (exact) mass is 343 g/mol. The minimum atomic E-state index is 0.0167. The summed E-state index contributed by atoms with van der Waals surface area (Å²) in [6.45, 7) is 2.34. The van der Waals surface area contributed by atoms with Crippen molar-refractivity contribution in [3.8, 4) is 0 Å². The van der Waals surface area contributed by atoms with Crippen LogP contribution in [0.25, 0.3) is 0 Å². The third-order valence-corrected chi connectivity index (χ3v) is 4.19. The molecular formula is C14H18BrNO2S. The first-order valence-electron chi connectivity index (χ1n) is 6.39. The third kappa shape index (κ3) is 3.97. The molecule has 1 saturated heterocycles. The zero-order valence-corrected chi connectivity index (χ0v) is 13.4. The zero-order chi connectivity index (χ0) is 13.8. The van der Waals surface area contributed by atoms with E-state index in [4.69, 9.17) is 4.74 Å². The van der Waals surface area contributed by atoms with Crippen molar-refractivity contribution in [3.63, 3.8) is 0 Å². The Morgan fingerprint density at radius 2 is 2.37 bits per heavy atom. The average Bonchev–Trinajstić information content (AvgIpc) is 2.39. The summed E-state index contributed by atoms with van der Waals surface area (Å²) < 4.78 is 6.38. The first-order chi connectivity index (χ1) is 9.08. The lowest BCUT2D eigenvalue weighted by Gasteiger charge is -2.27. The Morgan fingerprint density at radius 1 is 1.58 bits per heavy atom. The van der Waals surface area contributed by atoms with Crippen LogP contribution < -0.4 is 0 Å². The number of carbonyl (C=O) groups excluding carboxylic acids is 1. The highest BCUT2D eigenvalue weighted by atomic mass is 79.9. The molecule has 0 radical (unpaired) electrons. The summed E-state index contributed by atoms with van der Waals surface area (Å²) in [6.07, 6.45) is 2.22. The fourth-order valence-electron chi connectivity index (χ4n) is 2.31. The van der Waals surface area contributed by atoms with Gasteiger partial charge in [-0.3, -0.25) is 4.79 Å². The number of ether oxygens (including phenoxy) is 1. The summed E-state index contributed by atoms with van der Waals surface area (Å²) >= 11 is 7.74. The Kier molecular flexibility index (Phi) is 5.30. The van der Waals surface area contributed by atoms with Crippen molar-refractivity contribution < 1.29 is 9.53 Å². The molecule has 1 unspecified atom stereocenters. The van der Waals surface area contributed by atoms with E-state index >= 15 is 0 Å². The molecule has 3 nitrogen and oxygen atoms in total. The Bertz CT molecular complexity index is 461. The number of amides is 1. The molecule has 0 aromatic heterocycles. The van der Waals surface area contributed by atoms with Crippen molar-refractivity contribution in [1.82, 2.24) is 4.90 Å². The van der Waals surface area contributed by atoms with Crippen molar-refractivity contribution in [1.29, 1.82) is 0 Å². The normalized spacial score (nSPS) is 19.2. The van der Waals surface area contributed by atoms with Gasteiger partial charge < -0.3 is 9.64 Å². The van der Waals surface area contributed by atoms with Crippen molar-refractivity contribution in [3.05, 3.63) is 28.2 Å². The van der Waals surface area contributed by atoms with Gasteiger partial charge in [0, 0.05) is 29.6 Å². The molecule has 0 saturated carbocycles. The molecule has 104 valence electrons. The van der Waals surface area contributed by atoms with E-state index < -0.39 is 0 Å². The molecule has 2 rings (SSSR count). The van der Waals surface area contributed by atoms with Gasteiger partial charge in [0.25, 0.3) is 5.91 Å². The highest BCUT2D eigenvalue weighted by molar-refractivity contribution is 9.10. The second kappa shape index (κ2) is 6.77. The number of thiol groups is 1. The van der Waals surface area contributed by atoms with Gasteiger partial charge in [0.15, 0.2) is 0 Å². The summed E-state index contributed by atoms with van der Waals surface area (Å²) in [7, 11) is 1.84. The molecule has 0 bridgehead atoms. The molecule has 1 aliphatic heterocycles. The molecule has 1 fully saturated rings. The summed E-state index contributed by atoms with van der Waals surface area (Å²) in [5, 5.41) is 0. The van der Waals surface area contributed by atoms with E-state index in [1.807, 2.05) is 25.2 Å². The molecule has 1 aromatic carbocycles. The average molecular weight is 344 g/mol. The zero-order valence-electron chi connectivity index (χ0n) is 10.9. The van der Waals surface area contributed by atoms with Crippen LogP contribution in [0.15, 0.2) is 27.6 Å². The number of halogens is 1. The van der Waals surface area contributed by atoms with E-state index in [-0.39, 0.29) is 5.91 Å². The number of hydrogen-bond donors (Lipinski definition) is 1. The van der Waals surface area contributed by atoms with E-state index in [2.05, 4.69) is 28.6 Å². The predicted molar refractivity (Wildman–Crippen MR) is 81.9 cm³/mol. The van der Waals surface area contributed by atoms with Crippen molar-refractivity contribution in [2.24, 2.45) is 5.92 Å². The van der Waals surface area contributed by atoms with Gasteiger partial charge in [-0.05, 0) is 37.0 Å². The smallest absolute Gasteiger partial charge is 0.254 e. The molecule has 1 aromatic rings. The minimum absolute atomic E-state index is 0.0167. The fourth-order valence-corrected chi connectivity index (χ4v) is 3.16. The molecule has 19 heavy (non-hydrogen) atoms. The second-order valence-electron chi connectivity index (χ2n) is 4.93. The molecule has 1 heterocycles. The summed E-state index contributed by atoms with van der Waals surface area (Å²) in [6, 6.07) is 5.51. The van der Waals surface area contributed by atoms with Gasteiger partial charge in [-0.1, -0.05) is 15.9 Å². The SMILES string of the molecule is CN(CC1CCCOC1)C(=O)c1ccc(Br)cc1S. The van der Waals surface area contributed by atoms with E-state index in [0.29, 0.717) is 16.4 Å². The molecule has 0 spiro atoms. The minimum Gasteiger partial charge on any atom is -0.381 e. The van der Waals surface area contributed by atoms with Gasteiger partial charge >= 0.3 is 0 Å². The van der Waals surface area contributed by atoms with Crippen LogP contribution in [0.5, 0.6) is 0 Å². The molecule has 1 atom stereocenters. The Balaban J connectivity index is 2.01. The van der Waals surface area contributed by atoms with Crippen LogP contribution in [-0.4, -0.2) is 37.6 Å². The Morgan fingerprint density at radius 3 is 3.00 bits per heavy atom. The quantitative estimate of drug-likeness (QED) is 0.853. The van der Waals surface area contributed by atoms with E-state index in [9.17, 15) is 4.79 Å². The van der Waals surface area contributed by atoms with Crippen LogP contribution in [-0.2, 0) is 4.74 Å². The van der Waals surface area contributed by atoms with Gasteiger partial charge in [-0.15, -0.1) is 12.6 Å². The van der Waals surface area contributed by atoms with Crippen LogP contribution in [0.4, 0.5) is 0 Å². The second-order valence-corrected chi connectivity index (χ2v) is 6.33. The number of nitrogens with zero attached hydrogens (tertiary/aromatic N) is 1. The lowest BCUT2D eigenvalue weighted by molar-refractivity contribution is 0.0387. The number of carbonyl (C=O) groups is 1. The molecular weight excluding hydrogens is 326 g/mol. The predicted octanol–water partition coefficient (Wildman–Crippen LogP) is 3.24. The van der Waals surface area contributed by atoms with E-state index in [1.54, 1.807) is 4.90 Å². The van der Waals surface area contributed by atoms with Crippen molar-refractivity contribution in [2.45, 2.75) is 17.7 Å². The van der Waals surface area contributed by atoms with Gasteiger partial charge in [-0.2, -0.15) is 0 Å². The molecule has 0 N–H and O–H groups in total. The van der Waals surface area contributed by atoms with Gasteiger partial charge in [0.05, 0.1) is 12.2 Å². The standard InChI is InChI=1S/C14H18BrNO2S/c1-16(8-10-3-2-6-18-9-10)14(17)12-5-4-11(15)7-13(12)19/h4-5,7,10,19H,2-3,6,8-9H2,1H3. The van der Waals surface area contributed by atoms with Crippen molar-refractivity contribution in [2.75, 3.05) is 26.8 Å². The molecule has 0 aliphatic carbocycles. The van der Waals surface area contributed by atoms with E-state index in [0.717, 1.165) is 37.1 Å². The summed E-state index contributed by atoms with van der Waals surface area (Å²) in [5.74, 6) is 0.463. The highest BCUT2D eigenvalue weighted by Crippen LogP contribution is 2.22. The van der Waals surface area contributed by atoms with Gasteiger partial charge in [0.2, 0.25) is 0 Å². The fraction of sp³-hybridized carbons (Fsp3) is 0.500. The van der Waals surface area contributed by atoms with Gasteiger partial charge in [-0.25, -0.2) is 0 Å². The van der Waals surface area contributed by atoms with Crippen LogP contribution in [0.3, 0.4) is 0 Å². The van der Waals surface area contributed by atoms with Crippen molar-refractivity contribution >= 4 is 34.5 Å². The van der Waals surface area contributed by atoms with Crippen LogP contribution >= 0.6 is 28.6 Å². The summed E-state index contributed by atoms with van der Waals surface area (Å²) in [5.41, 5.74) is 0.644. The summed E-state index contributed by atoms with van der Waals surface area (Å²) in [4.78, 5) is 14.8. The maximum Gasteiger partial charge on any atom is 0.254 e. The van der Waals surface area contributed by atoms with Gasteiger partial charge in [0.1, 0.15) is 0 Å². The lowest BCUT2D eigenvalue weighted by Crippen LogP contribution is -2.35. The largest absolute Gasteiger partial charge is 0.381 e. The number of benzene rings is 1. The van der Waals surface area contributed by atoms with E-state index in [1.165, 1.54) is 0 Å². The maximum atomic E-state index is 12.4. The van der Waals surface area contributed by atoms with Crippen LogP contribution in [0, 0.1) is 5.92 Å². The topological polar surface area (TPSA) is 29.5 Å². The maximum absolute atomic E-state index is 12.4. The first kappa shape index (κ1) is 14.9.